The van der Waals surface area contributed by atoms with E-state index >= 15 is 0 Å². The van der Waals surface area contributed by atoms with Crippen LogP contribution in [0, 0.1) is 0 Å². The molecule has 146 valence electrons. The monoisotopic (exact) mass is 399 g/mol. The highest BCUT2D eigenvalue weighted by Crippen LogP contribution is 2.53. The van der Waals surface area contributed by atoms with Crippen LogP contribution in [-0.2, 0) is 42.3 Å². The van der Waals surface area contributed by atoms with Gasteiger partial charge in [0.05, 0.1) is 36.4 Å². The Labute approximate surface area is 150 Å². The average molecular weight is 399 g/mol. The summed E-state index contributed by atoms with van der Waals surface area (Å²) in [6.07, 6.45) is 3.10. The van der Waals surface area contributed by atoms with Crippen molar-refractivity contribution >= 4 is 35.1 Å². The molecule has 0 heterocycles. The molecule has 0 atom stereocenters. The molecule has 9 nitrogen and oxygen atoms in total. The van der Waals surface area contributed by atoms with Gasteiger partial charge in [0.15, 0.2) is 5.49 Å². The minimum Gasteiger partial charge on any atom is -0.461 e. The molecule has 0 aromatic rings. The molecule has 0 fully saturated rings. The molecule has 0 saturated heterocycles. The number of carbonyl (C=O) groups is 2. The lowest BCUT2D eigenvalue weighted by molar-refractivity contribution is -0.140. The molecule has 0 unspecified atom stereocenters. The van der Waals surface area contributed by atoms with Crippen molar-refractivity contribution in [2.75, 3.05) is 44.4 Å². The second-order valence-corrected chi connectivity index (χ2v) is 10.9. The predicted octanol–water partition coefficient (Wildman–Crippen LogP) is 2.29. The maximum atomic E-state index is 12.2. The average Bonchev–Trinajstić information content (AvgIpc) is 2.46. The summed E-state index contributed by atoms with van der Waals surface area (Å²) in [6.45, 7) is 7.28. The van der Waals surface area contributed by atoms with E-state index in [2.05, 4.69) is 9.96 Å². The summed E-state index contributed by atoms with van der Waals surface area (Å²) in [5.41, 5.74) is -0.587. The number of hydrogen-bond acceptors (Lipinski definition) is 8. The summed E-state index contributed by atoms with van der Waals surface area (Å²) < 4.78 is 33.1. The maximum absolute atomic E-state index is 12.2. The number of esters is 2. The topological polar surface area (TPSA) is 113 Å². The van der Waals surface area contributed by atoms with Gasteiger partial charge in [-0.25, -0.2) is 9.59 Å². The largest absolute Gasteiger partial charge is 0.461 e. The first-order valence-electron chi connectivity index (χ1n) is 7.88. The van der Waals surface area contributed by atoms with Gasteiger partial charge >= 0.3 is 11.9 Å². The lowest BCUT2D eigenvalue weighted by Gasteiger charge is -2.20. The zero-order chi connectivity index (χ0) is 19.5. The van der Waals surface area contributed by atoms with Crippen LogP contribution in [0.3, 0.4) is 0 Å². The number of carbonyl (C=O) groups excluding carboxylic acids is 2. The molecule has 0 radical (unpaired) electrons. The van der Waals surface area contributed by atoms with Crippen LogP contribution < -0.4 is 0 Å². The molecule has 0 aromatic heterocycles. The quantitative estimate of drug-likeness (QED) is 0.131. The van der Waals surface area contributed by atoms with Gasteiger partial charge in [-0.15, -0.1) is 14.2 Å². The summed E-state index contributed by atoms with van der Waals surface area (Å²) in [4.78, 5) is 27.9. The molecule has 25 heavy (non-hydrogen) atoms. The van der Waals surface area contributed by atoms with Gasteiger partial charge in [0.25, 0.3) is 13.2 Å². The Kier molecular flexibility index (Phi) is 11.0. The minimum absolute atomic E-state index is 0.0180. The predicted molar refractivity (Wildman–Crippen MR) is 98.1 cm³/mol. The SMILES string of the molecule is CCOC(=O)C(=NN=P(C[S+](C)(C)=O)(OCC)OCC)C(=O)OCC. The first-order valence-corrected chi connectivity index (χ1v) is 12.2. The van der Waals surface area contributed by atoms with Gasteiger partial charge in [0.1, 0.15) is 12.5 Å². The highest BCUT2D eigenvalue weighted by atomic mass is 32.2. The molecule has 0 aliphatic rings. The minimum atomic E-state index is -3.04. The molecule has 0 aliphatic carbocycles. The van der Waals surface area contributed by atoms with Crippen LogP contribution in [0.4, 0.5) is 0 Å². The van der Waals surface area contributed by atoms with Crippen LogP contribution in [0.15, 0.2) is 9.96 Å². The van der Waals surface area contributed by atoms with Gasteiger partial charge in [0.2, 0.25) is 0 Å². The van der Waals surface area contributed by atoms with Gasteiger partial charge in [0, 0.05) is 0 Å². The second-order valence-electron chi connectivity index (χ2n) is 5.02. The third-order valence-corrected chi connectivity index (χ3v) is 7.83. The smallest absolute Gasteiger partial charge is 0.366 e. The fourth-order valence-electron chi connectivity index (χ4n) is 1.66. The van der Waals surface area contributed by atoms with Crippen molar-refractivity contribution in [3.63, 3.8) is 0 Å². The van der Waals surface area contributed by atoms with E-state index in [0.717, 1.165) is 0 Å². The molecule has 0 bridgehead atoms. The van der Waals surface area contributed by atoms with Crippen molar-refractivity contribution in [2.24, 2.45) is 9.96 Å². The number of ether oxygens (including phenoxy) is 2. The summed E-state index contributed by atoms with van der Waals surface area (Å²) >= 11 is 0. The van der Waals surface area contributed by atoms with E-state index in [1.165, 1.54) is 0 Å². The Bertz CT molecular complexity index is 556. The lowest BCUT2D eigenvalue weighted by atomic mass is 10.4. The summed E-state index contributed by atoms with van der Waals surface area (Å²) in [7, 11) is -5.32. The number of hydrogen-bond donors (Lipinski definition) is 0. The van der Waals surface area contributed by atoms with Crippen molar-refractivity contribution in [1.82, 2.24) is 0 Å². The third-order valence-electron chi connectivity index (χ3n) is 2.35. The first-order chi connectivity index (χ1) is 11.6. The van der Waals surface area contributed by atoms with Gasteiger partial charge in [-0.1, -0.05) is 0 Å². The summed E-state index contributed by atoms with van der Waals surface area (Å²) in [5.74, 6) is -1.91. The maximum Gasteiger partial charge on any atom is 0.366 e. The van der Waals surface area contributed by atoms with E-state index in [4.69, 9.17) is 18.5 Å². The Morgan fingerprint density at radius 3 is 1.64 bits per heavy atom. The summed E-state index contributed by atoms with van der Waals surface area (Å²) in [5, 5.41) is 3.72. The second kappa shape index (κ2) is 11.5. The van der Waals surface area contributed by atoms with Crippen LogP contribution in [-0.4, -0.2) is 62.1 Å². The number of rotatable bonds is 11. The van der Waals surface area contributed by atoms with E-state index in [1.54, 1.807) is 40.2 Å². The fraction of sp³-hybridized carbons (Fsp3) is 0.786. The highest BCUT2D eigenvalue weighted by molar-refractivity contribution is 8.06. The zero-order valence-electron chi connectivity index (χ0n) is 15.6. The summed E-state index contributed by atoms with van der Waals surface area (Å²) in [6, 6.07) is 0. The zero-order valence-corrected chi connectivity index (χ0v) is 17.4. The number of nitrogens with zero attached hydrogens (tertiary/aromatic N) is 2. The van der Waals surface area contributed by atoms with Crippen LogP contribution in [0.1, 0.15) is 27.7 Å². The van der Waals surface area contributed by atoms with Gasteiger partial charge in [-0.2, -0.15) is 0 Å². The van der Waals surface area contributed by atoms with Gasteiger partial charge < -0.3 is 18.5 Å². The Morgan fingerprint density at radius 2 is 1.32 bits per heavy atom. The van der Waals surface area contributed by atoms with Crippen LogP contribution in [0.25, 0.3) is 0 Å². The third kappa shape index (κ3) is 9.25. The molecule has 0 amide bonds. The Hall–Kier alpha value is -1.09. The van der Waals surface area contributed by atoms with E-state index in [9.17, 15) is 13.8 Å². The van der Waals surface area contributed by atoms with Crippen molar-refractivity contribution in [3.05, 3.63) is 0 Å². The van der Waals surface area contributed by atoms with E-state index < -0.39 is 35.1 Å². The van der Waals surface area contributed by atoms with Crippen LogP contribution >= 0.6 is 7.51 Å². The molecule has 11 heteroatoms. The van der Waals surface area contributed by atoms with Gasteiger partial charge in [-0.3, -0.25) is 0 Å². The van der Waals surface area contributed by atoms with E-state index in [0.29, 0.717) is 0 Å². The Morgan fingerprint density at radius 1 is 0.880 bits per heavy atom. The molecule has 0 spiro atoms. The van der Waals surface area contributed by atoms with Crippen molar-refractivity contribution in [3.8, 4) is 0 Å². The van der Waals surface area contributed by atoms with Gasteiger partial charge in [-0.05, 0) is 27.7 Å². The van der Waals surface area contributed by atoms with Crippen molar-refractivity contribution in [2.45, 2.75) is 27.7 Å². The molecular weight excluding hydrogens is 371 g/mol. The molecule has 0 aliphatic heterocycles. The fourth-order valence-corrected chi connectivity index (χ4v) is 6.82. The normalized spacial score (nSPS) is 11.6. The molecular formula is C14H28N2O7PS+. The van der Waals surface area contributed by atoms with E-state index in [-0.39, 0.29) is 31.9 Å². The van der Waals surface area contributed by atoms with Crippen molar-refractivity contribution in [1.29, 1.82) is 0 Å². The standard InChI is InChI=1S/C14H28N2O7PS/c1-7-20-13(17)12(14(18)21-8-2)15-16-24(22-9-3,23-10-4)11-25(5,6)19/h7-11H2,1-6H3/q+1. The molecule has 0 N–H and O–H groups in total. The molecule has 0 aromatic carbocycles. The van der Waals surface area contributed by atoms with Crippen molar-refractivity contribution < 1.29 is 32.3 Å². The highest BCUT2D eigenvalue weighted by Gasteiger charge is 2.33. The lowest BCUT2D eigenvalue weighted by Crippen LogP contribution is -2.28. The van der Waals surface area contributed by atoms with Crippen LogP contribution in [0.5, 0.6) is 0 Å². The van der Waals surface area contributed by atoms with Crippen LogP contribution in [0.2, 0.25) is 0 Å². The Balaban J connectivity index is 6.08. The molecule has 0 rings (SSSR count). The molecule has 0 saturated carbocycles. The van der Waals surface area contributed by atoms with E-state index in [1.807, 2.05) is 0 Å². The first kappa shape index (κ1) is 23.9.